The molecule has 2 nitrogen and oxygen atoms in total. The molecule has 1 spiro atoms. The van der Waals surface area contributed by atoms with Crippen molar-refractivity contribution in [1.29, 1.82) is 0 Å². The summed E-state index contributed by atoms with van der Waals surface area (Å²) in [4.78, 5) is 2.46. The summed E-state index contributed by atoms with van der Waals surface area (Å²) in [5.74, 6) is 1.77. The van der Waals surface area contributed by atoms with E-state index in [9.17, 15) is 0 Å². The van der Waals surface area contributed by atoms with E-state index in [0.29, 0.717) is 0 Å². The van der Waals surface area contributed by atoms with Gasteiger partial charge in [-0.25, -0.2) is 0 Å². The zero-order valence-electron chi connectivity index (χ0n) is 33.6. The van der Waals surface area contributed by atoms with Crippen LogP contribution in [0.3, 0.4) is 0 Å². The normalized spacial score (nSPS) is 15.8. The van der Waals surface area contributed by atoms with Crippen LogP contribution in [0.2, 0.25) is 0 Å². The minimum absolute atomic E-state index is 0.139. The van der Waals surface area contributed by atoms with Crippen LogP contribution in [-0.2, 0) is 10.8 Å². The average Bonchev–Trinajstić information content (AvgIpc) is 3.72. The first-order valence-corrected chi connectivity index (χ1v) is 20.9. The van der Waals surface area contributed by atoms with Crippen LogP contribution in [0, 0.1) is 0 Å². The van der Waals surface area contributed by atoms with Crippen molar-refractivity contribution in [2.45, 2.75) is 24.7 Å². The van der Waals surface area contributed by atoms with Crippen molar-refractivity contribution in [3.05, 3.63) is 246 Å². The van der Waals surface area contributed by atoms with E-state index in [0.717, 1.165) is 39.7 Å². The predicted molar refractivity (Wildman–Crippen MR) is 247 cm³/mol. The Hall–Kier alpha value is -7.42. The fraction of sp³-hybridized carbons (Fsp3) is 0.0690. The lowest BCUT2D eigenvalue weighted by Gasteiger charge is -2.40. The quantitative estimate of drug-likeness (QED) is 0.173. The van der Waals surface area contributed by atoms with Crippen LogP contribution in [0.25, 0.3) is 44.5 Å². The highest BCUT2D eigenvalue weighted by atomic mass is 16.5. The molecule has 3 aliphatic rings. The van der Waals surface area contributed by atoms with Gasteiger partial charge in [0.2, 0.25) is 0 Å². The smallest absolute Gasteiger partial charge is 0.132 e. The third kappa shape index (κ3) is 4.94. The molecule has 1 atom stereocenters. The number of fused-ring (bicyclic) bond motifs is 12. The second-order valence-corrected chi connectivity index (χ2v) is 16.8. The Morgan fingerprint density at radius 2 is 0.783 bits per heavy atom. The molecule has 60 heavy (non-hydrogen) atoms. The van der Waals surface area contributed by atoms with Crippen molar-refractivity contribution < 1.29 is 4.74 Å². The van der Waals surface area contributed by atoms with Gasteiger partial charge < -0.3 is 9.64 Å². The van der Waals surface area contributed by atoms with Gasteiger partial charge in [-0.3, -0.25) is 0 Å². The van der Waals surface area contributed by atoms with Crippen molar-refractivity contribution in [2.24, 2.45) is 0 Å². The summed E-state index contributed by atoms with van der Waals surface area (Å²) < 4.78 is 6.83. The molecule has 9 aromatic carbocycles. The number of benzene rings is 9. The minimum atomic E-state index is -0.624. The molecule has 0 N–H and O–H groups in total. The molecule has 1 heterocycles. The fourth-order valence-electron chi connectivity index (χ4n) is 10.6. The van der Waals surface area contributed by atoms with Crippen LogP contribution in [0.1, 0.15) is 47.2 Å². The summed E-state index contributed by atoms with van der Waals surface area (Å²) >= 11 is 0. The number of rotatable bonds is 5. The Bertz CT molecular complexity index is 3150. The summed E-state index contributed by atoms with van der Waals surface area (Å²) in [6, 6.07) is 77.9. The topological polar surface area (TPSA) is 12.5 Å². The fourth-order valence-corrected chi connectivity index (χ4v) is 10.6. The van der Waals surface area contributed by atoms with E-state index >= 15 is 0 Å². The van der Waals surface area contributed by atoms with Crippen LogP contribution in [0.15, 0.2) is 212 Å². The second kappa shape index (κ2) is 13.0. The first-order chi connectivity index (χ1) is 29.5. The van der Waals surface area contributed by atoms with E-state index in [4.69, 9.17) is 4.74 Å². The Labute approximate surface area is 351 Å². The molecule has 0 saturated carbocycles. The number of hydrogen-bond acceptors (Lipinski definition) is 2. The van der Waals surface area contributed by atoms with Gasteiger partial charge in [0.1, 0.15) is 11.5 Å². The highest BCUT2D eigenvalue weighted by molar-refractivity contribution is 5.93. The van der Waals surface area contributed by atoms with Gasteiger partial charge in [0.05, 0.1) is 5.41 Å². The van der Waals surface area contributed by atoms with Crippen molar-refractivity contribution in [3.8, 4) is 56.0 Å². The van der Waals surface area contributed by atoms with Gasteiger partial charge in [-0.2, -0.15) is 0 Å². The molecule has 2 heteroatoms. The maximum Gasteiger partial charge on any atom is 0.132 e. The first-order valence-electron chi connectivity index (χ1n) is 20.9. The molecule has 9 aromatic rings. The summed E-state index contributed by atoms with van der Waals surface area (Å²) in [6.45, 7) is 4.72. The summed E-state index contributed by atoms with van der Waals surface area (Å²) in [7, 11) is 0. The van der Waals surface area contributed by atoms with Crippen molar-refractivity contribution in [2.75, 3.05) is 4.90 Å². The molecule has 0 aromatic heterocycles. The van der Waals surface area contributed by atoms with E-state index in [1.165, 1.54) is 66.8 Å². The first kappa shape index (κ1) is 34.6. The standard InChI is InChI=1S/C58H41NO/c1-57(2)49-21-11-9-19-45(49)47-32-30-43(36-52(47)57)59(42-28-25-40(26-29-42)38-15-5-3-6-16-38)44-31-33-48-46-20-10-12-22-50(46)58(53(48)37-44)51-23-13-14-24-55(51)60-56-34-27-41(35-54(56)58)39-17-7-4-8-18-39/h3-37H,1-2H3. The number of hydrogen-bond donors (Lipinski definition) is 0. The lowest BCUT2D eigenvalue weighted by Crippen LogP contribution is -2.32. The molecule has 0 amide bonds. The summed E-state index contributed by atoms with van der Waals surface area (Å²) in [5, 5.41) is 0. The molecule has 0 bridgehead atoms. The van der Waals surface area contributed by atoms with Crippen LogP contribution in [0.4, 0.5) is 17.1 Å². The Morgan fingerprint density at radius 3 is 1.48 bits per heavy atom. The van der Waals surface area contributed by atoms with Crippen molar-refractivity contribution >= 4 is 17.1 Å². The molecule has 1 aliphatic heterocycles. The van der Waals surface area contributed by atoms with Gasteiger partial charge in [-0.05, 0) is 121 Å². The van der Waals surface area contributed by atoms with E-state index in [1.807, 2.05) is 0 Å². The van der Waals surface area contributed by atoms with Crippen molar-refractivity contribution in [1.82, 2.24) is 0 Å². The van der Waals surface area contributed by atoms with Gasteiger partial charge in [-0.15, -0.1) is 0 Å². The van der Waals surface area contributed by atoms with E-state index in [-0.39, 0.29) is 5.41 Å². The molecule has 2 aliphatic carbocycles. The molecule has 0 saturated heterocycles. The summed E-state index contributed by atoms with van der Waals surface area (Å²) in [6.07, 6.45) is 0. The van der Waals surface area contributed by atoms with E-state index in [1.54, 1.807) is 0 Å². The highest BCUT2D eigenvalue weighted by Gasteiger charge is 2.51. The van der Waals surface area contributed by atoms with E-state index in [2.05, 4.69) is 231 Å². The predicted octanol–water partition coefficient (Wildman–Crippen LogP) is 15.3. The third-order valence-corrected chi connectivity index (χ3v) is 13.3. The maximum atomic E-state index is 6.83. The van der Waals surface area contributed by atoms with Crippen LogP contribution in [-0.4, -0.2) is 0 Å². The van der Waals surface area contributed by atoms with Gasteiger partial charge in [0.15, 0.2) is 0 Å². The molecule has 0 fully saturated rings. The number of ether oxygens (including phenoxy) is 1. The van der Waals surface area contributed by atoms with Crippen LogP contribution in [0.5, 0.6) is 11.5 Å². The maximum absolute atomic E-state index is 6.83. The zero-order chi connectivity index (χ0) is 40.0. The number of anilines is 3. The molecular weight excluding hydrogens is 727 g/mol. The Balaban J connectivity index is 1.11. The second-order valence-electron chi connectivity index (χ2n) is 16.8. The van der Waals surface area contributed by atoms with Crippen molar-refractivity contribution in [3.63, 3.8) is 0 Å². The molecule has 0 radical (unpaired) electrons. The molecule has 1 unspecified atom stereocenters. The minimum Gasteiger partial charge on any atom is -0.457 e. The molecular formula is C58H41NO. The lowest BCUT2D eigenvalue weighted by atomic mass is 9.65. The highest BCUT2D eigenvalue weighted by Crippen LogP contribution is 2.63. The van der Waals surface area contributed by atoms with Gasteiger partial charge in [0, 0.05) is 33.6 Å². The monoisotopic (exact) mass is 767 g/mol. The SMILES string of the molecule is CC1(C)c2ccccc2-c2ccc(N(c3ccc(-c4ccccc4)cc3)c3ccc4c(c3)C3(c5ccccc5Oc5ccc(-c6ccccc6)cc53)c3ccccc3-4)cc21. The van der Waals surface area contributed by atoms with Crippen LogP contribution < -0.4 is 9.64 Å². The number of nitrogens with zero attached hydrogens (tertiary/aromatic N) is 1. The Kier molecular flexibility index (Phi) is 7.52. The summed E-state index contributed by atoms with van der Waals surface area (Å²) in [5.41, 5.74) is 20.0. The van der Waals surface area contributed by atoms with Gasteiger partial charge >= 0.3 is 0 Å². The van der Waals surface area contributed by atoms with Gasteiger partial charge in [-0.1, -0.05) is 172 Å². The lowest BCUT2D eigenvalue weighted by molar-refractivity contribution is 0.436. The largest absolute Gasteiger partial charge is 0.457 e. The number of para-hydroxylation sites is 1. The molecule has 12 rings (SSSR count). The third-order valence-electron chi connectivity index (χ3n) is 13.3. The van der Waals surface area contributed by atoms with Crippen LogP contribution >= 0.6 is 0 Å². The van der Waals surface area contributed by atoms with E-state index < -0.39 is 5.41 Å². The average molecular weight is 768 g/mol. The zero-order valence-corrected chi connectivity index (χ0v) is 33.6. The molecule has 284 valence electrons. The Morgan fingerprint density at radius 1 is 0.317 bits per heavy atom. The van der Waals surface area contributed by atoms with Gasteiger partial charge in [0.25, 0.3) is 0 Å².